The van der Waals surface area contributed by atoms with Gasteiger partial charge < -0.3 is 15.2 Å². The Bertz CT molecular complexity index is 1460. The molecule has 0 spiro atoms. The van der Waals surface area contributed by atoms with Crippen LogP contribution in [0.5, 0.6) is 0 Å². The fourth-order valence-electron chi connectivity index (χ4n) is 5.42. The molecule has 4 aromatic rings. The lowest BCUT2D eigenvalue weighted by Crippen LogP contribution is -2.43. The minimum Gasteiger partial charge on any atom is -0.320 e. The first kappa shape index (κ1) is 22.8. The largest absolute Gasteiger partial charge is 0.320 e. The summed E-state index contributed by atoms with van der Waals surface area (Å²) in [4.78, 5) is 22.0. The van der Waals surface area contributed by atoms with E-state index in [1.165, 1.54) is 4.40 Å². The molecule has 1 amide bonds. The quantitative estimate of drug-likeness (QED) is 0.412. The van der Waals surface area contributed by atoms with Gasteiger partial charge in [0.15, 0.2) is 5.65 Å². The molecule has 10 heteroatoms. The molecule has 0 aliphatic heterocycles. The van der Waals surface area contributed by atoms with E-state index in [1.54, 1.807) is 24.8 Å². The number of fused-ring (bicyclic) bond motifs is 1. The number of halogens is 1. The van der Waals surface area contributed by atoms with Crippen LogP contribution in [0.25, 0.3) is 5.65 Å². The maximum atomic E-state index is 14.4. The van der Waals surface area contributed by atoms with Gasteiger partial charge in [0.05, 0.1) is 29.1 Å². The van der Waals surface area contributed by atoms with E-state index in [-0.39, 0.29) is 22.5 Å². The number of hydrogen-bond acceptors (Lipinski definition) is 6. The molecule has 4 aromatic heterocycles. The number of aryl methyl sites for hydroxylation is 1. The van der Waals surface area contributed by atoms with E-state index < -0.39 is 5.95 Å². The van der Waals surface area contributed by atoms with Gasteiger partial charge in [-0.25, -0.2) is 4.98 Å². The molecule has 6 rings (SSSR count). The van der Waals surface area contributed by atoms with E-state index in [2.05, 4.69) is 44.6 Å². The van der Waals surface area contributed by atoms with Gasteiger partial charge in [0.2, 0.25) is 5.95 Å². The number of carbonyl (C=O) groups is 1. The second-order valence-electron chi connectivity index (χ2n) is 10.7. The minimum atomic E-state index is -0.507. The van der Waals surface area contributed by atoms with Crippen molar-refractivity contribution in [3.8, 4) is 0 Å². The number of carbonyl (C=O) groups excluding carboxylic acids is 1. The van der Waals surface area contributed by atoms with Gasteiger partial charge in [-0.1, -0.05) is 6.92 Å². The molecule has 2 N–H and O–H groups in total. The van der Waals surface area contributed by atoms with Crippen LogP contribution in [0.3, 0.4) is 0 Å². The number of anilines is 1. The molecule has 2 aliphatic rings. The highest BCUT2D eigenvalue weighted by molar-refractivity contribution is 6.08. The van der Waals surface area contributed by atoms with Gasteiger partial charge in [0.25, 0.3) is 5.91 Å². The van der Waals surface area contributed by atoms with Crippen molar-refractivity contribution in [2.75, 3.05) is 5.32 Å². The highest BCUT2D eigenvalue weighted by Crippen LogP contribution is 2.51. The van der Waals surface area contributed by atoms with Crippen LogP contribution >= 0.6 is 0 Å². The summed E-state index contributed by atoms with van der Waals surface area (Å²) in [7, 11) is 1.94. The van der Waals surface area contributed by atoms with E-state index in [9.17, 15) is 9.18 Å². The zero-order valence-corrected chi connectivity index (χ0v) is 20.6. The lowest BCUT2D eigenvalue weighted by Gasteiger charge is -2.45. The average molecular weight is 489 g/mol. The van der Waals surface area contributed by atoms with Crippen LogP contribution in [-0.4, -0.2) is 40.6 Å². The molecular formula is C26H29FN8O. The molecule has 36 heavy (non-hydrogen) atoms. The van der Waals surface area contributed by atoms with E-state index in [0.717, 1.165) is 48.8 Å². The number of amides is 1. The summed E-state index contributed by atoms with van der Waals surface area (Å²) in [6.07, 6.45) is 12.1. The standard InChI is InChI=1S/C26H29FN8O/c1-16-8-26(9-16,24-33-31-15-34(24)3)18-7-19(12-28-11-18)32-23(36)20-6-17(10-30-25(2)4-5-25)14-35-21(27)13-29-22(20)35/h6-7,11-16,30H,4-5,8-10H2,1-3H3,(H,32,36). The summed E-state index contributed by atoms with van der Waals surface area (Å²) in [5, 5.41) is 14.9. The van der Waals surface area contributed by atoms with Crippen molar-refractivity contribution in [3.63, 3.8) is 0 Å². The number of aromatic nitrogens is 6. The van der Waals surface area contributed by atoms with Gasteiger partial charge in [-0.3, -0.25) is 14.2 Å². The second-order valence-corrected chi connectivity index (χ2v) is 10.7. The normalized spacial score (nSPS) is 22.4. The van der Waals surface area contributed by atoms with Crippen LogP contribution < -0.4 is 10.6 Å². The third-order valence-electron chi connectivity index (χ3n) is 7.66. The summed E-state index contributed by atoms with van der Waals surface area (Å²) in [6.45, 7) is 4.92. The number of pyridine rings is 2. The number of rotatable bonds is 7. The van der Waals surface area contributed by atoms with E-state index in [4.69, 9.17) is 0 Å². The third kappa shape index (κ3) is 3.85. The zero-order chi connectivity index (χ0) is 25.1. The molecule has 0 unspecified atom stereocenters. The van der Waals surface area contributed by atoms with Gasteiger partial charge in [-0.05, 0) is 61.8 Å². The second kappa shape index (κ2) is 8.19. The summed E-state index contributed by atoms with van der Waals surface area (Å²) in [6, 6.07) is 3.73. The molecule has 186 valence electrons. The summed E-state index contributed by atoms with van der Waals surface area (Å²) in [5.41, 5.74) is 2.79. The van der Waals surface area contributed by atoms with Crippen molar-refractivity contribution in [3.05, 3.63) is 71.7 Å². The molecular weight excluding hydrogens is 459 g/mol. The van der Waals surface area contributed by atoms with Crippen LogP contribution in [0.4, 0.5) is 10.1 Å². The predicted molar refractivity (Wildman–Crippen MR) is 132 cm³/mol. The molecule has 0 aromatic carbocycles. The van der Waals surface area contributed by atoms with Crippen LogP contribution in [0.2, 0.25) is 0 Å². The van der Waals surface area contributed by atoms with Gasteiger partial charge in [-0.2, -0.15) is 4.39 Å². The Morgan fingerprint density at radius 2 is 2.03 bits per heavy atom. The van der Waals surface area contributed by atoms with Gasteiger partial charge in [0, 0.05) is 31.5 Å². The topological polar surface area (TPSA) is 102 Å². The van der Waals surface area contributed by atoms with Crippen molar-refractivity contribution >= 4 is 17.2 Å². The van der Waals surface area contributed by atoms with Crippen LogP contribution in [0.1, 0.15) is 66.8 Å². The Labute approximate surface area is 208 Å². The van der Waals surface area contributed by atoms with Crippen LogP contribution in [0.15, 0.2) is 43.2 Å². The maximum absolute atomic E-state index is 14.4. The van der Waals surface area contributed by atoms with E-state index in [1.807, 2.05) is 23.9 Å². The molecule has 4 heterocycles. The Morgan fingerprint density at radius 1 is 1.22 bits per heavy atom. The first-order valence-electron chi connectivity index (χ1n) is 12.3. The van der Waals surface area contributed by atoms with Crippen LogP contribution in [-0.2, 0) is 19.0 Å². The maximum Gasteiger partial charge on any atom is 0.259 e. The highest BCUT2D eigenvalue weighted by atomic mass is 19.1. The van der Waals surface area contributed by atoms with Crippen molar-refractivity contribution in [2.45, 2.75) is 57.0 Å². The minimum absolute atomic E-state index is 0.120. The van der Waals surface area contributed by atoms with E-state index >= 15 is 0 Å². The average Bonchev–Trinajstić information content (AvgIpc) is 3.23. The zero-order valence-electron chi connectivity index (χ0n) is 20.6. The summed E-state index contributed by atoms with van der Waals surface area (Å²) < 4.78 is 17.7. The summed E-state index contributed by atoms with van der Waals surface area (Å²) in [5.74, 6) is 0.577. The van der Waals surface area contributed by atoms with E-state index in [0.29, 0.717) is 23.7 Å². The number of nitrogens with zero attached hydrogens (tertiary/aromatic N) is 6. The monoisotopic (exact) mass is 488 g/mol. The van der Waals surface area contributed by atoms with Gasteiger partial charge in [-0.15, -0.1) is 10.2 Å². The van der Waals surface area contributed by atoms with Gasteiger partial charge >= 0.3 is 0 Å². The SMILES string of the molecule is CC1CC(c2cncc(NC(=O)c3cc(CNC4(C)CC4)cn4c(F)cnc34)c2)(c2nncn2C)C1. The number of nitrogens with one attached hydrogen (secondary N) is 2. The fraction of sp³-hybridized carbons (Fsp3) is 0.423. The fourth-order valence-corrected chi connectivity index (χ4v) is 5.42. The Morgan fingerprint density at radius 3 is 2.72 bits per heavy atom. The predicted octanol–water partition coefficient (Wildman–Crippen LogP) is 3.61. The Balaban J connectivity index is 1.30. The highest BCUT2D eigenvalue weighted by Gasteiger charge is 2.48. The summed E-state index contributed by atoms with van der Waals surface area (Å²) >= 11 is 0. The Kier molecular flexibility index (Phi) is 5.18. The first-order chi connectivity index (χ1) is 17.3. The molecule has 9 nitrogen and oxygen atoms in total. The lowest BCUT2D eigenvalue weighted by atomic mass is 9.59. The van der Waals surface area contributed by atoms with Gasteiger partial charge in [0.1, 0.15) is 12.2 Å². The molecule has 0 radical (unpaired) electrons. The lowest BCUT2D eigenvalue weighted by molar-refractivity contribution is 0.102. The molecule has 0 bridgehead atoms. The molecule has 0 atom stereocenters. The van der Waals surface area contributed by atoms with Crippen molar-refractivity contribution in [1.29, 1.82) is 0 Å². The van der Waals surface area contributed by atoms with Crippen molar-refractivity contribution in [2.24, 2.45) is 13.0 Å². The number of imidazole rings is 1. The smallest absolute Gasteiger partial charge is 0.259 e. The molecule has 2 fully saturated rings. The van der Waals surface area contributed by atoms with Crippen molar-refractivity contribution in [1.82, 2.24) is 34.4 Å². The third-order valence-corrected chi connectivity index (χ3v) is 7.66. The molecule has 2 saturated carbocycles. The molecule has 2 aliphatic carbocycles. The van der Waals surface area contributed by atoms with Crippen molar-refractivity contribution < 1.29 is 9.18 Å². The number of hydrogen-bond donors (Lipinski definition) is 2. The first-order valence-corrected chi connectivity index (χ1v) is 12.3. The Hall–Kier alpha value is -3.66. The van der Waals surface area contributed by atoms with Crippen LogP contribution in [0, 0.1) is 11.9 Å². The molecule has 0 saturated heterocycles.